The zero-order chi connectivity index (χ0) is 13.8. The number of hydrogen-bond acceptors (Lipinski definition) is 4. The van der Waals surface area contributed by atoms with Crippen LogP contribution >= 0.6 is 27.3 Å². The molecule has 0 atom stereocenters. The summed E-state index contributed by atoms with van der Waals surface area (Å²) in [5.41, 5.74) is 0.168. The van der Waals surface area contributed by atoms with Gasteiger partial charge in [-0.05, 0) is 40.2 Å². The van der Waals surface area contributed by atoms with Crippen LogP contribution in [0, 0.1) is 5.82 Å². The summed E-state index contributed by atoms with van der Waals surface area (Å²) in [6.45, 7) is -0.200. The van der Waals surface area contributed by atoms with Crippen LogP contribution in [0.2, 0.25) is 0 Å². The first-order chi connectivity index (χ1) is 9.08. The number of rotatable bonds is 5. The highest BCUT2D eigenvalue weighted by molar-refractivity contribution is 9.11. The molecule has 0 radical (unpaired) electrons. The van der Waals surface area contributed by atoms with Crippen molar-refractivity contribution in [1.82, 2.24) is 0 Å². The number of hydrogen-bond donors (Lipinski definition) is 0. The predicted molar refractivity (Wildman–Crippen MR) is 73.6 cm³/mol. The van der Waals surface area contributed by atoms with Crippen LogP contribution in [0.1, 0.15) is 20.0 Å². The first-order valence-corrected chi connectivity index (χ1v) is 6.86. The van der Waals surface area contributed by atoms with Gasteiger partial charge in [0.15, 0.2) is 6.61 Å². The number of halogens is 2. The maximum absolute atomic E-state index is 13.1. The van der Waals surface area contributed by atoms with Crippen molar-refractivity contribution < 1.29 is 18.7 Å². The van der Waals surface area contributed by atoms with E-state index >= 15 is 0 Å². The van der Waals surface area contributed by atoms with Crippen LogP contribution in [0.15, 0.2) is 34.1 Å². The van der Waals surface area contributed by atoms with E-state index in [2.05, 4.69) is 15.9 Å². The minimum absolute atomic E-state index is 0.158. The first kappa shape index (κ1) is 13.9. The number of benzene rings is 1. The Balaban J connectivity index is 2.04. The van der Waals surface area contributed by atoms with Crippen LogP contribution in [0.25, 0.3) is 0 Å². The Morgan fingerprint density at radius 2 is 2.16 bits per heavy atom. The molecule has 0 saturated heterocycles. The molecule has 0 N–H and O–H groups in total. The fourth-order valence-electron chi connectivity index (χ4n) is 1.42. The normalized spacial score (nSPS) is 10.2. The Morgan fingerprint density at radius 1 is 1.37 bits per heavy atom. The molecule has 2 aromatic rings. The van der Waals surface area contributed by atoms with Gasteiger partial charge in [0.2, 0.25) is 5.78 Å². The molecule has 0 aliphatic heterocycles. The van der Waals surface area contributed by atoms with E-state index in [4.69, 9.17) is 4.74 Å². The SMILES string of the molecule is O=Cc1cc(F)cc(OCC(=O)c2ccc(Br)s2)c1. The summed E-state index contributed by atoms with van der Waals surface area (Å²) in [5.74, 6) is -0.621. The Labute approximate surface area is 121 Å². The number of Topliss-reactive ketones (excluding diaryl/α,β-unsaturated/α-hetero) is 1. The van der Waals surface area contributed by atoms with Crippen LogP contribution in [-0.2, 0) is 0 Å². The second kappa shape index (κ2) is 6.08. The van der Waals surface area contributed by atoms with Crippen molar-refractivity contribution in [3.05, 3.63) is 50.4 Å². The Kier molecular flexibility index (Phi) is 4.44. The molecular weight excluding hydrogens is 335 g/mol. The number of carbonyl (C=O) groups is 2. The highest BCUT2D eigenvalue weighted by Gasteiger charge is 2.10. The molecule has 0 bridgehead atoms. The molecule has 2 rings (SSSR count). The van der Waals surface area contributed by atoms with Gasteiger partial charge in [0.1, 0.15) is 17.9 Å². The van der Waals surface area contributed by atoms with Gasteiger partial charge in [-0.1, -0.05) is 0 Å². The lowest BCUT2D eigenvalue weighted by molar-refractivity contribution is 0.0925. The fourth-order valence-corrected chi connectivity index (χ4v) is 2.73. The molecule has 0 amide bonds. The fraction of sp³-hybridized carbons (Fsp3) is 0.0769. The lowest BCUT2D eigenvalue weighted by Crippen LogP contribution is -2.10. The monoisotopic (exact) mass is 342 g/mol. The summed E-state index contributed by atoms with van der Waals surface area (Å²) in [4.78, 5) is 22.9. The highest BCUT2D eigenvalue weighted by Crippen LogP contribution is 2.23. The van der Waals surface area contributed by atoms with Gasteiger partial charge >= 0.3 is 0 Å². The maximum atomic E-state index is 13.1. The van der Waals surface area contributed by atoms with Gasteiger partial charge < -0.3 is 4.74 Å². The second-order valence-electron chi connectivity index (χ2n) is 3.65. The molecule has 0 spiro atoms. The minimum atomic E-state index is -0.578. The quantitative estimate of drug-likeness (QED) is 0.614. The van der Waals surface area contributed by atoms with Crippen LogP contribution in [0.5, 0.6) is 5.75 Å². The van der Waals surface area contributed by atoms with E-state index < -0.39 is 5.82 Å². The number of ether oxygens (including phenoxy) is 1. The van der Waals surface area contributed by atoms with Gasteiger partial charge in [-0.25, -0.2) is 4.39 Å². The van der Waals surface area contributed by atoms with Gasteiger partial charge in [0, 0.05) is 11.6 Å². The summed E-state index contributed by atoms with van der Waals surface area (Å²) < 4.78 is 19.2. The van der Waals surface area contributed by atoms with E-state index in [0.29, 0.717) is 11.2 Å². The molecular formula is C13H8BrFO3S. The summed E-state index contributed by atoms with van der Waals surface area (Å²) >= 11 is 4.56. The highest BCUT2D eigenvalue weighted by atomic mass is 79.9. The Hall–Kier alpha value is -1.53. The van der Waals surface area contributed by atoms with E-state index in [1.165, 1.54) is 17.4 Å². The zero-order valence-electron chi connectivity index (χ0n) is 9.56. The smallest absolute Gasteiger partial charge is 0.210 e. The summed E-state index contributed by atoms with van der Waals surface area (Å²) in [7, 11) is 0. The molecule has 0 saturated carbocycles. The summed E-state index contributed by atoms with van der Waals surface area (Å²) in [6, 6.07) is 7.06. The third-order valence-electron chi connectivity index (χ3n) is 2.25. The van der Waals surface area contributed by atoms with Crippen LogP contribution in [0.3, 0.4) is 0 Å². The lowest BCUT2D eigenvalue weighted by Gasteiger charge is -2.05. The molecule has 0 unspecified atom stereocenters. The number of carbonyl (C=O) groups excluding carboxylic acids is 2. The Morgan fingerprint density at radius 3 is 2.79 bits per heavy atom. The van der Waals surface area contributed by atoms with Gasteiger partial charge in [-0.3, -0.25) is 9.59 Å². The third kappa shape index (κ3) is 3.71. The molecule has 0 fully saturated rings. The maximum Gasteiger partial charge on any atom is 0.210 e. The average Bonchev–Trinajstić information content (AvgIpc) is 2.82. The molecule has 0 aliphatic rings. The van der Waals surface area contributed by atoms with Crippen LogP contribution in [0.4, 0.5) is 4.39 Å². The Bertz CT molecular complexity index is 624. The van der Waals surface area contributed by atoms with Crippen molar-refractivity contribution in [3.63, 3.8) is 0 Å². The van der Waals surface area contributed by atoms with Gasteiger partial charge in [0.05, 0.1) is 8.66 Å². The van der Waals surface area contributed by atoms with Crippen molar-refractivity contribution in [2.75, 3.05) is 6.61 Å². The average molecular weight is 343 g/mol. The standard InChI is InChI=1S/C13H8BrFO3S/c14-13-2-1-12(19-13)11(17)7-18-10-4-8(6-16)3-9(15)5-10/h1-6H,7H2. The predicted octanol–water partition coefficient (Wildman–Crippen LogP) is 3.72. The number of ketones is 1. The molecule has 3 nitrogen and oxygen atoms in total. The van der Waals surface area contributed by atoms with Crippen LogP contribution < -0.4 is 4.74 Å². The minimum Gasteiger partial charge on any atom is -0.485 e. The van der Waals surface area contributed by atoms with Gasteiger partial charge in [-0.2, -0.15) is 0 Å². The molecule has 6 heteroatoms. The second-order valence-corrected chi connectivity index (χ2v) is 6.12. The van der Waals surface area contributed by atoms with Crippen molar-refractivity contribution in [2.24, 2.45) is 0 Å². The van der Waals surface area contributed by atoms with E-state index in [9.17, 15) is 14.0 Å². The van der Waals surface area contributed by atoms with Crippen molar-refractivity contribution in [1.29, 1.82) is 0 Å². The molecule has 1 aromatic heterocycles. The first-order valence-electron chi connectivity index (χ1n) is 5.25. The van der Waals surface area contributed by atoms with Gasteiger partial charge in [-0.15, -0.1) is 11.3 Å². The molecule has 0 aliphatic carbocycles. The third-order valence-corrected chi connectivity index (χ3v) is 3.91. The van der Waals surface area contributed by atoms with Gasteiger partial charge in [0.25, 0.3) is 0 Å². The van der Waals surface area contributed by atoms with Crippen molar-refractivity contribution in [3.8, 4) is 5.75 Å². The summed E-state index contributed by atoms with van der Waals surface area (Å²) in [5, 5.41) is 0. The van der Waals surface area contributed by atoms with E-state index in [1.54, 1.807) is 12.1 Å². The molecule has 19 heavy (non-hydrogen) atoms. The molecule has 98 valence electrons. The van der Waals surface area contributed by atoms with Crippen LogP contribution in [-0.4, -0.2) is 18.7 Å². The summed E-state index contributed by atoms with van der Waals surface area (Å²) in [6.07, 6.45) is 0.522. The number of thiophene rings is 1. The topological polar surface area (TPSA) is 43.4 Å². The van der Waals surface area contributed by atoms with E-state index in [-0.39, 0.29) is 23.7 Å². The molecule has 1 aromatic carbocycles. The van der Waals surface area contributed by atoms with E-state index in [0.717, 1.165) is 15.9 Å². The molecule has 1 heterocycles. The van der Waals surface area contributed by atoms with Crippen molar-refractivity contribution in [2.45, 2.75) is 0 Å². The van der Waals surface area contributed by atoms with Crippen molar-refractivity contribution >= 4 is 39.3 Å². The zero-order valence-corrected chi connectivity index (χ0v) is 12.0. The van der Waals surface area contributed by atoms with E-state index in [1.807, 2.05) is 0 Å². The lowest BCUT2D eigenvalue weighted by atomic mass is 10.2. The number of aldehydes is 1. The largest absolute Gasteiger partial charge is 0.485 e.